The summed E-state index contributed by atoms with van der Waals surface area (Å²) in [5.41, 5.74) is 0. The van der Waals surface area contributed by atoms with E-state index in [4.69, 9.17) is 4.12 Å². The maximum absolute atomic E-state index is 13.1. The van der Waals surface area contributed by atoms with Crippen molar-refractivity contribution < 1.29 is 23.3 Å². The summed E-state index contributed by atoms with van der Waals surface area (Å²) in [6, 6.07) is 2.54. The molecule has 0 aromatic rings. The third-order valence-electron chi connectivity index (χ3n) is 9.67. The Hall–Kier alpha value is -1.41. The van der Waals surface area contributed by atoms with Gasteiger partial charge >= 0.3 is 0 Å². The van der Waals surface area contributed by atoms with Crippen LogP contribution in [0.5, 0.6) is 0 Å². The predicted octanol–water partition coefficient (Wildman–Crippen LogP) is 5.28. The highest BCUT2D eigenvalue weighted by Crippen LogP contribution is 2.32. The molecule has 248 valence electrons. The summed E-state index contributed by atoms with van der Waals surface area (Å²) >= 11 is 0. The highest BCUT2D eigenvalue weighted by molar-refractivity contribution is 6.84. The van der Waals surface area contributed by atoms with Gasteiger partial charge in [0.25, 0.3) is 0 Å². The molecule has 4 amide bonds. The van der Waals surface area contributed by atoms with Crippen LogP contribution in [-0.2, 0) is 23.3 Å². The number of carbonyl (C=O) groups is 4. The molecule has 6 atom stereocenters. The lowest BCUT2D eigenvalue weighted by Crippen LogP contribution is -2.44. The molecule has 2 aliphatic rings. The minimum atomic E-state index is -1.96. The minimum Gasteiger partial charge on any atom is -0.455 e. The van der Waals surface area contributed by atoms with E-state index in [-0.39, 0.29) is 47.5 Å². The molecule has 2 heterocycles. The molecule has 6 unspecified atom stereocenters. The van der Waals surface area contributed by atoms with Gasteiger partial charge in [-0.1, -0.05) is 12.8 Å². The van der Waals surface area contributed by atoms with Crippen LogP contribution < -0.4 is 10.6 Å². The van der Waals surface area contributed by atoms with Crippen molar-refractivity contribution in [1.82, 2.24) is 20.4 Å². The van der Waals surface area contributed by atoms with Crippen molar-refractivity contribution in [1.29, 1.82) is 0 Å². The fourth-order valence-electron chi connectivity index (χ4n) is 6.74. The number of imide groups is 2. The van der Waals surface area contributed by atoms with E-state index in [1.165, 1.54) is 9.80 Å². The van der Waals surface area contributed by atoms with E-state index in [2.05, 4.69) is 50.7 Å². The molecule has 2 fully saturated rings. The zero-order valence-corrected chi connectivity index (χ0v) is 30.9. The summed E-state index contributed by atoms with van der Waals surface area (Å²) in [5.74, 6) is -0.441. The second kappa shape index (κ2) is 16.8. The van der Waals surface area contributed by atoms with Gasteiger partial charge in [0.1, 0.15) is 0 Å². The Balaban J connectivity index is 1.77. The number of likely N-dealkylation sites (tertiary alicyclic amines) is 2. The molecule has 0 bridgehead atoms. The van der Waals surface area contributed by atoms with Crippen LogP contribution in [0, 0.1) is 11.8 Å². The smallest absolute Gasteiger partial charge is 0.233 e. The summed E-state index contributed by atoms with van der Waals surface area (Å²) in [4.78, 5) is 54.6. The molecule has 11 heteroatoms. The Morgan fingerprint density at radius 1 is 0.674 bits per heavy atom. The van der Waals surface area contributed by atoms with Crippen molar-refractivity contribution >= 4 is 40.3 Å². The highest BCUT2D eigenvalue weighted by Gasteiger charge is 2.42. The first-order valence-corrected chi connectivity index (χ1v) is 23.0. The second-order valence-corrected chi connectivity index (χ2v) is 23.5. The molecule has 0 radical (unpaired) electrons. The fraction of sp³-hybridized carbons (Fsp3) is 0.875. The Kier molecular flexibility index (Phi) is 14.7. The normalized spacial score (nSPS) is 22.9. The first-order valence-electron chi connectivity index (χ1n) is 16.8. The van der Waals surface area contributed by atoms with Crippen LogP contribution in [0.3, 0.4) is 0 Å². The van der Waals surface area contributed by atoms with E-state index in [1.807, 2.05) is 27.9 Å². The Morgan fingerprint density at radius 2 is 1.02 bits per heavy atom. The number of carbonyl (C=O) groups excluding carboxylic acids is 4. The summed E-state index contributed by atoms with van der Waals surface area (Å²) in [7, 11) is -0.0615. The van der Waals surface area contributed by atoms with E-state index in [1.54, 1.807) is 0 Å². The van der Waals surface area contributed by atoms with Crippen LogP contribution in [-0.4, -0.2) is 88.3 Å². The third kappa shape index (κ3) is 11.5. The molecule has 9 nitrogen and oxygen atoms in total. The zero-order chi connectivity index (χ0) is 32.5. The number of rotatable bonds is 20. The van der Waals surface area contributed by atoms with Gasteiger partial charge in [-0.3, -0.25) is 29.0 Å². The molecular weight excluding hydrogens is 577 g/mol. The number of hydrogen-bond acceptors (Lipinski definition) is 7. The monoisotopic (exact) mass is 638 g/mol. The molecule has 0 aromatic carbocycles. The number of nitrogens with zero attached hydrogens (tertiary/aromatic N) is 2. The molecule has 0 aromatic heterocycles. The van der Waals surface area contributed by atoms with Crippen molar-refractivity contribution in [3.63, 3.8) is 0 Å². The predicted molar refractivity (Wildman–Crippen MR) is 178 cm³/mol. The van der Waals surface area contributed by atoms with Gasteiger partial charge in [-0.15, -0.1) is 0 Å². The van der Waals surface area contributed by atoms with Crippen LogP contribution in [0.1, 0.15) is 91.9 Å². The lowest BCUT2D eigenvalue weighted by Gasteiger charge is -2.34. The Labute approximate surface area is 263 Å². The van der Waals surface area contributed by atoms with E-state index < -0.39 is 16.6 Å². The molecule has 0 aliphatic carbocycles. The quantitative estimate of drug-likeness (QED) is 0.138. The number of hydrogen-bond donors (Lipinski definition) is 2. The van der Waals surface area contributed by atoms with Crippen LogP contribution in [0.2, 0.25) is 38.3 Å². The average molecular weight is 639 g/mol. The van der Waals surface area contributed by atoms with Crippen LogP contribution in [0.4, 0.5) is 0 Å². The third-order valence-corrected chi connectivity index (χ3v) is 17.2. The lowest BCUT2D eigenvalue weighted by atomic mass is 10.0. The van der Waals surface area contributed by atoms with Crippen LogP contribution in [0.15, 0.2) is 0 Å². The van der Waals surface area contributed by atoms with Gasteiger partial charge in [-0.25, -0.2) is 0 Å². The van der Waals surface area contributed by atoms with Crippen molar-refractivity contribution in [2.75, 3.05) is 14.1 Å². The van der Waals surface area contributed by atoms with Crippen molar-refractivity contribution in [2.45, 2.75) is 154 Å². The maximum atomic E-state index is 13.1. The zero-order valence-electron chi connectivity index (χ0n) is 28.9. The molecular formula is C32H62N4O5Si2. The Bertz CT molecular complexity index is 888. The summed E-state index contributed by atoms with van der Waals surface area (Å²) in [6.07, 6.45) is 7.43. The van der Waals surface area contributed by atoms with Crippen molar-refractivity contribution in [2.24, 2.45) is 11.8 Å². The van der Waals surface area contributed by atoms with Gasteiger partial charge in [-0.2, -0.15) is 0 Å². The van der Waals surface area contributed by atoms with Gasteiger partial charge in [-0.05, 0) is 119 Å². The molecule has 0 saturated carbocycles. The topological polar surface area (TPSA) is 108 Å². The van der Waals surface area contributed by atoms with Crippen LogP contribution >= 0.6 is 0 Å². The van der Waals surface area contributed by atoms with Gasteiger partial charge in [0, 0.05) is 48.8 Å². The van der Waals surface area contributed by atoms with Crippen LogP contribution in [0.25, 0.3) is 0 Å². The molecule has 43 heavy (non-hydrogen) atoms. The van der Waals surface area contributed by atoms with Gasteiger partial charge in [0.05, 0.1) is 0 Å². The first-order chi connectivity index (χ1) is 20.0. The molecule has 2 saturated heterocycles. The van der Waals surface area contributed by atoms with Gasteiger partial charge in [0.15, 0.2) is 16.6 Å². The fourth-order valence-corrected chi connectivity index (χ4v) is 15.6. The van der Waals surface area contributed by atoms with E-state index >= 15 is 0 Å². The summed E-state index contributed by atoms with van der Waals surface area (Å²) in [5, 5.41) is 6.44. The first kappa shape index (κ1) is 37.8. The van der Waals surface area contributed by atoms with E-state index in [0.717, 1.165) is 63.5 Å². The average Bonchev–Trinajstić information content (AvgIpc) is 3.36. The highest BCUT2D eigenvalue weighted by atomic mass is 28.4. The molecule has 0 spiro atoms. The second-order valence-electron chi connectivity index (χ2n) is 14.6. The largest absolute Gasteiger partial charge is 0.455 e. The number of amides is 4. The standard InChI is InChI=1S/C32H62N4O5Si2/c1-23(33-5)15-17-25(3)35-29(37)21-27(31(35)39)13-11-19-42(7,8)41-43(9,10)20-12-14-28-22-30(38)36(32(28)40)26(4)18-16-24(2)34-6/h23-28,33-34H,11-22H2,1-10H3. The van der Waals surface area contributed by atoms with Crippen molar-refractivity contribution in [3.8, 4) is 0 Å². The Morgan fingerprint density at radius 3 is 1.35 bits per heavy atom. The van der Waals surface area contributed by atoms with Gasteiger partial charge in [0.2, 0.25) is 23.6 Å². The molecule has 2 aliphatic heterocycles. The molecule has 2 rings (SSSR count). The number of nitrogens with one attached hydrogen (secondary N) is 2. The summed E-state index contributed by atoms with van der Waals surface area (Å²) < 4.78 is 6.84. The SMILES string of the molecule is CNC(C)CCC(C)N1C(=O)CC(CCC[Si](C)(C)O[Si](C)(C)CCCC2CC(=O)N(C(C)CCC(C)NC)C2=O)C1=O. The molecule has 2 N–H and O–H groups in total. The van der Waals surface area contributed by atoms with E-state index in [0.29, 0.717) is 24.9 Å². The van der Waals surface area contributed by atoms with E-state index in [9.17, 15) is 19.2 Å². The summed E-state index contributed by atoms with van der Waals surface area (Å²) in [6.45, 7) is 17.2. The van der Waals surface area contributed by atoms with Gasteiger partial charge < -0.3 is 14.7 Å². The maximum Gasteiger partial charge on any atom is 0.233 e. The van der Waals surface area contributed by atoms with Crippen molar-refractivity contribution in [3.05, 3.63) is 0 Å². The lowest BCUT2D eigenvalue weighted by molar-refractivity contribution is -0.143. The minimum absolute atomic E-state index is 0.00475.